The molecule has 2 rings (SSSR count). The summed E-state index contributed by atoms with van der Waals surface area (Å²) in [6.45, 7) is 0.323. The molecule has 0 fully saturated rings. The number of hydrazine groups is 1. The number of pyridine rings is 1. The summed E-state index contributed by atoms with van der Waals surface area (Å²) < 4.78 is 26.7. The van der Waals surface area contributed by atoms with E-state index in [1.54, 1.807) is 23.5 Å². The highest BCUT2D eigenvalue weighted by molar-refractivity contribution is 7.89. The highest BCUT2D eigenvalue weighted by Crippen LogP contribution is 2.16. The van der Waals surface area contributed by atoms with E-state index in [2.05, 4.69) is 15.1 Å². The van der Waals surface area contributed by atoms with Crippen LogP contribution in [0.15, 0.2) is 40.9 Å². The van der Waals surface area contributed by atoms with E-state index in [1.165, 1.54) is 6.20 Å². The van der Waals surface area contributed by atoms with Crippen molar-refractivity contribution < 1.29 is 8.42 Å². The van der Waals surface area contributed by atoms with Crippen molar-refractivity contribution >= 4 is 27.0 Å². The number of rotatable bonds is 6. The topological polar surface area (TPSA) is 97.1 Å². The summed E-state index contributed by atoms with van der Waals surface area (Å²) in [6, 6.07) is 7.07. The number of nitrogen functional groups attached to an aromatic ring is 1. The van der Waals surface area contributed by atoms with Crippen molar-refractivity contribution in [1.29, 1.82) is 0 Å². The molecule has 8 heteroatoms. The standard InChI is InChI=1S/C11H14N4O2S2/c12-15-10-4-1-6-13-11(10)19(16,17)14-7-5-9-3-2-8-18-9/h1-4,6,8,14-15H,5,7,12H2. The molecule has 0 radical (unpaired) electrons. The second-order valence-corrected chi connectivity index (χ2v) is 6.44. The quantitative estimate of drug-likeness (QED) is 0.545. The Morgan fingerprint density at radius 3 is 2.84 bits per heavy atom. The molecule has 6 nitrogen and oxygen atoms in total. The molecule has 102 valence electrons. The number of hydrogen-bond acceptors (Lipinski definition) is 6. The second-order valence-electron chi connectivity index (χ2n) is 3.73. The van der Waals surface area contributed by atoms with Crippen LogP contribution in [-0.2, 0) is 16.4 Å². The van der Waals surface area contributed by atoms with Gasteiger partial charge in [-0.25, -0.2) is 18.1 Å². The fraction of sp³-hybridized carbons (Fsp3) is 0.182. The average Bonchev–Trinajstić information content (AvgIpc) is 2.91. The van der Waals surface area contributed by atoms with Crippen LogP contribution in [0.25, 0.3) is 0 Å². The maximum atomic E-state index is 12.1. The number of sulfonamides is 1. The Morgan fingerprint density at radius 1 is 1.32 bits per heavy atom. The van der Waals surface area contributed by atoms with Gasteiger partial charge in [-0.05, 0) is 30.0 Å². The highest BCUT2D eigenvalue weighted by atomic mass is 32.2. The fourth-order valence-corrected chi connectivity index (χ4v) is 3.38. The van der Waals surface area contributed by atoms with E-state index in [1.807, 2.05) is 17.5 Å². The smallest absolute Gasteiger partial charge is 0.260 e. The van der Waals surface area contributed by atoms with Crippen LogP contribution in [0.2, 0.25) is 0 Å². The van der Waals surface area contributed by atoms with Gasteiger partial charge >= 0.3 is 0 Å². The summed E-state index contributed by atoms with van der Waals surface area (Å²) in [5.74, 6) is 5.27. The predicted molar refractivity (Wildman–Crippen MR) is 75.3 cm³/mol. The van der Waals surface area contributed by atoms with E-state index in [-0.39, 0.29) is 10.7 Å². The maximum Gasteiger partial charge on any atom is 0.260 e. The van der Waals surface area contributed by atoms with Gasteiger partial charge in [0, 0.05) is 17.6 Å². The monoisotopic (exact) mass is 298 g/mol. The Labute approximate surface area is 115 Å². The summed E-state index contributed by atoms with van der Waals surface area (Å²) in [6.07, 6.45) is 2.06. The summed E-state index contributed by atoms with van der Waals surface area (Å²) in [4.78, 5) is 4.97. The van der Waals surface area contributed by atoms with Crippen LogP contribution in [-0.4, -0.2) is 19.9 Å². The van der Waals surface area contributed by atoms with Gasteiger partial charge in [-0.2, -0.15) is 0 Å². The minimum absolute atomic E-state index is 0.0938. The average molecular weight is 298 g/mol. The SMILES string of the molecule is NNc1cccnc1S(=O)(=O)NCCc1cccs1. The Balaban J connectivity index is 2.05. The lowest BCUT2D eigenvalue weighted by Crippen LogP contribution is -2.28. The first-order valence-electron chi connectivity index (χ1n) is 5.57. The first-order chi connectivity index (χ1) is 9.13. The first-order valence-corrected chi connectivity index (χ1v) is 7.93. The molecule has 0 unspecified atom stereocenters. The number of hydrogen-bond donors (Lipinski definition) is 3. The van der Waals surface area contributed by atoms with Gasteiger partial charge < -0.3 is 5.43 Å². The minimum Gasteiger partial charge on any atom is -0.321 e. The van der Waals surface area contributed by atoms with Crippen LogP contribution in [0.4, 0.5) is 5.69 Å². The third-order valence-electron chi connectivity index (χ3n) is 2.42. The van der Waals surface area contributed by atoms with Crippen molar-refractivity contribution in [3.63, 3.8) is 0 Å². The molecule has 0 spiro atoms. The third kappa shape index (κ3) is 3.51. The molecule has 19 heavy (non-hydrogen) atoms. The van der Waals surface area contributed by atoms with Crippen molar-refractivity contribution in [1.82, 2.24) is 9.71 Å². The normalized spacial score (nSPS) is 11.4. The fourth-order valence-electron chi connectivity index (χ4n) is 1.55. The van der Waals surface area contributed by atoms with Gasteiger partial charge in [0.05, 0.1) is 5.69 Å². The van der Waals surface area contributed by atoms with Crippen LogP contribution in [0.1, 0.15) is 4.88 Å². The predicted octanol–water partition coefficient (Wildman–Crippen LogP) is 0.950. The van der Waals surface area contributed by atoms with Gasteiger partial charge in [0.2, 0.25) is 0 Å². The van der Waals surface area contributed by atoms with Crippen molar-refractivity contribution in [2.24, 2.45) is 5.84 Å². The Kier molecular flexibility index (Phi) is 4.48. The van der Waals surface area contributed by atoms with Gasteiger partial charge in [-0.1, -0.05) is 6.07 Å². The van der Waals surface area contributed by atoms with Gasteiger partial charge in [-0.3, -0.25) is 5.84 Å². The van der Waals surface area contributed by atoms with Crippen LogP contribution in [0, 0.1) is 0 Å². The zero-order valence-electron chi connectivity index (χ0n) is 10.0. The number of nitrogens with zero attached hydrogens (tertiary/aromatic N) is 1. The third-order valence-corrected chi connectivity index (χ3v) is 4.78. The van der Waals surface area contributed by atoms with Crippen LogP contribution in [0.3, 0.4) is 0 Å². The Bertz CT molecular complexity index is 626. The molecular formula is C11H14N4O2S2. The molecule has 2 aromatic heterocycles. The van der Waals surface area contributed by atoms with Crippen molar-refractivity contribution in [2.45, 2.75) is 11.4 Å². The van der Waals surface area contributed by atoms with Crippen LogP contribution in [0.5, 0.6) is 0 Å². The van der Waals surface area contributed by atoms with E-state index >= 15 is 0 Å². The molecule has 2 aromatic rings. The van der Waals surface area contributed by atoms with Gasteiger partial charge in [-0.15, -0.1) is 11.3 Å². The lowest BCUT2D eigenvalue weighted by Gasteiger charge is -2.09. The Hall–Kier alpha value is -1.48. The summed E-state index contributed by atoms with van der Waals surface area (Å²) in [7, 11) is -3.66. The molecule has 0 amide bonds. The molecule has 0 aromatic carbocycles. The first kappa shape index (κ1) is 13.9. The molecule has 0 saturated carbocycles. The van der Waals surface area contributed by atoms with Crippen molar-refractivity contribution in [2.75, 3.05) is 12.0 Å². The van der Waals surface area contributed by atoms with Crippen molar-refractivity contribution in [3.05, 3.63) is 40.7 Å². The Morgan fingerprint density at radius 2 is 2.16 bits per heavy atom. The van der Waals surface area contributed by atoms with Crippen LogP contribution >= 0.6 is 11.3 Å². The second kappa shape index (κ2) is 6.11. The molecule has 4 N–H and O–H groups in total. The van der Waals surface area contributed by atoms with Gasteiger partial charge in [0.25, 0.3) is 10.0 Å². The summed E-state index contributed by atoms with van der Waals surface area (Å²) >= 11 is 1.59. The molecule has 0 aliphatic carbocycles. The lowest BCUT2D eigenvalue weighted by atomic mass is 10.3. The summed E-state index contributed by atoms with van der Waals surface area (Å²) in [5.41, 5.74) is 2.60. The van der Waals surface area contributed by atoms with Crippen molar-refractivity contribution in [3.8, 4) is 0 Å². The number of nitrogens with one attached hydrogen (secondary N) is 2. The summed E-state index contributed by atoms with van der Waals surface area (Å²) in [5, 5.41) is 1.86. The maximum absolute atomic E-state index is 12.1. The van der Waals surface area contributed by atoms with E-state index < -0.39 is 10.0 Å². The zero-order valence-corrected chi connectivity index (χ0v) is 11.7. The molecule has 0 bridgehead atoms. The van der Waals surface area contributed by atoms with Crippen LogP contribution < -0.4 is 16.0 Å². The zero-order chi connectivity index (χ0) is 13.7. The number of nitrogens with two attached hydrogens (primary N) is 1. The molecule has 0 saturated heterocycles. The number of thiophene rings is 1. The highest BCUT2D eigenvalue weighted by Gasteiger charge is 2.19. The van der Waals surface area contributed by atoms with Gasteiger partial charge in [0.15, 0.2) is 5.03 Å². The van der Waals surface area contributed by atoms with Gasteiger partial charge in [0.1, 0.15) is 0 Å². The molecule has 0 aliphatic heterocycles. The van der Waals surface area contributed by atoms with E-state index in [9.17, 15) is 8.42 Å². The molecule has 2 heterocycles. The van der Waals surface area contributed by atoms with E-state index in [4.69, 9.17) is 5.84 Å². The number of anilines is 1. The minimum atomic E-state index is -3.66. The molecule has 0 aliphatic rings. The molecule has 0 atom stereocenters. The van der Waals surface area contributed by atoms with E-state index in [0.717, 1.165) is 4.88 Å². The lowest BCUT2D eigenvalue weighted by molar-refractivity contribution is 0.578. The number of aromatic nitrogens is 1. The largest absolute Gasteiger partial charge is 0.321 e. The van der Waals surface area contributed by atoms with E-state index in [0.29, 0.717) is 13.0 Å². The molecular weight excluding hydrogens is 284 g/mol.